The molecule has 0 radical (unpaired) electrons. The van der Waals surface area contributed by atoms with Crippen molar-refractivity contribution in [2.24, 2.45) is 0 Å². The predicted octanol–water partition coefficient (Wildman–Crippen LogP) is 3.90. The Morgan fingerprint density at radius 3 is 2.63 bits per heavy atom. The van der Waals surface area contributed by atoms with Crippen LogP contribution in [-0.4, -0.2) is 42.4 Å². The molecule has 142 valence electrons. The number of aryl methyl sites for hydroxylation is 1. The van der Waals surface area contributed by atoms with Crippen molar-refractivity contribution in [2.75, 3.05) is 29.9 Å². The standard InChI is InChI=1S/C21H25N3O2S/c1-15-14-16(23-10-2-3-11-23)8-9-17(15)22-20(25)18-6-4-12-24(18)21(26)19-7-5-13-27-19/h5,7-9,13-14,18H,2-4,6,10-12H2,1H3,(H,22,25). The van der Waals surface area contributed by atoms with Gasteiger partial charge in [-0.25, -0.2) is 0 Å². The fourth-order valence-corrected chi connectivity index (χ4v) is 4.68. The second-order valence-corrected chi connectivity index (χ2v) is 8.26. The topological polar surface area (TPSA) is 52.7 Å². The average Bonchev–Trinajstić information content (AvgIpc) is 3.43. The van der Waals surface area contributed by atoms with E-state index in [1.165, 1.54) is 29.9 Å². The fourth-order valence-electron chi connectivity index (χ4n) is 4.00. The number of hydrogen-bond acceptors (Lipinski definition) is 4. The summed E-state index contributed by atoms with van der Waals surface area (Å²) in [5, 5.41) is 4.94. The second kappa shape index (κ2) is 7.72. The van der Waals surface area contributed by atoms with Crippen molar-refractivity contribution < 1.29 is 9.59 Å². The minimum Gasteiger partial charge on any atom is -0.372 e. The molecule has 2 aliphatic heterocycles. The van der Waals surface area contributed by atoms with Crippen molar-refractivity contribution in [1.82, 2.24) is 4.90 Å². The summed E-state index contributed by atoms with van der Waals surface area (Å²) in [6.07, 6.45) is 4.07. The Kier molecular flexibility index (Phi) is 5.16. The van der Waals surface area contributed by atoms with Gasteiger partial charge in [-0.2, -0.15) is 0 Å². The number of amides is 2. The van der Waals surface area contributed by atoms with Crippen LogP contribution in [0.1, 0.15) is 40.9 Å². The summed E-state index contributed by atoms with van der Waals surface area (Å²) in [6.45, 7) is 4.88. The minimum absolute atomic E-state index is 0.0382. The van der Waals surface area contributed by atoms with E-state index < -0.39 is 6.04 Å². The lowest BCUT2D eigenvalue weighted by Crippen LogP contribution is -2.43. The first kappa shape index (κ1) is 18.0. The van der Waals surface area contributed by atoms with Gasteiger partial charge < -0.3 is 15.1 Å². The van der Waals surface area contributed by atoms with Crippen LogP contribution in [0.4, 0.5) is 11.4 Å². The Labute approximate surface area is 164 Å². The van der Waals surface area contributed by atoms with Crippen LogP contribution in [0.2, 0.25) is 0 Å². The van der Waals surface area contributed by atoms with Gasteiger partial charge in [0.05, 0.1) is 4.88 Å². The largest absolute Gasteiger partial charge is 0.372 e. The quantitative estimate of drug-likeness (QED) is 0.871. The zero-order valence-corrected chi connectivity index (χ0v) is 16.4. The molecule has 2 aliphatic rings. The normalized spacial score (nSPS) is 19.5. The van der Waals surface area contributed by atoms with Crippen LogP contribution in [-0.2, 0) is 4.79 Å². The smallest absolute Gasteiger partial charge is 0.264 e. The van der Waals surface area contributed by atoms with Gasteiger partial charge in [-0.3, -0.25) is 9.59 Å². The third-order valence-corrected chi connectivity index (χ3v) is 6.35. The molecule has 1 aromatic heterocycles. The summed E-state index contributed by atoms with van der Waals surface area (Å²) in [4.78, 5) is 30.4. The molecule has 1 N–H and O–H groups in total. The van der Waals surface area contributed by atoms with Gasteiger partial charge in [0.25, 0.3) is 5.91 Å². The summed E-state index contributed by atoms with van der Waals surface area (Å²) < 4.78 is 0. The lowest BCUT2D eigenvalue weighted by atomic mass is 10.1. The SMILES string of the molecule is Cc1cc(N2CCCC2)ccc1NC(=O)C1CCCN1C(=O)c1cccs1. The highest BCUT2D eigenvalue weighted by atomic mass is 32.1. The lowest BCUT2D eigenvalue weighted by Gasteiger charge is -2.24. The van der Waals surface area contributed by atoms with Crippen LogP contribution in [0.3, 0.4) is 0 Å². The monoisotopic (exact) mass is 383 g/mol. The Morgan fingerprint density at radius 1 is 1.11 bits per heavy atom. The molecule has 4 rings (SSSR count). The van der Waals surface area contributed by atoms with E-state index in [-0.39, 0.29) is 11.8 Å². The summed E-state index contributed by atoms with van der Waals surface area (Å²) >= 11 is 1.42. The van der Waals surface area contributed by atoms with Crippen molar-refractivity contribution in [1.29, 1.82) is 0 Å². The summed E-state index contributed by atoms with van der Waals surface area (Å²) in [5.74, 6) is -0.127. The molecular formula is C21H25N3O2S. The van der Waals surface area contributed by atoms with Gasteiger partial charge in [-0.05, 0) is 67.8 Å². The molecule has 1 atom stereocenters. The molecule has 27 heavy (non-hydrogen) atoms. The Hall–Kier alpha value is -2.34. The van der Waals surface area contributed by atoms with Gasteiger partial charge in [0, 0.05) is 31.0 Å². The molecule has 1 aromatic carbocycles. The first-order valence-electron chi connectivity index (χ1n) is 9.64. The third kappa shape index (κ3) is 3.72. The minimum atomic E-state index is -0.391. The number of hydrogen-bond donors (Lipinski definition) is 1. The van der Waals surface area contributed by atoms with E-state index in [9.17, 15) is 9.59 Å². The van der Waals surface area contributed by atoms with E-state index in [1.807, 2.05) is 30.5 Å². The maximum Gasteiger partial charge on any atom is 0.264 e. The number of likely N-dealkylation sites (tertiary alicyclic amines) is 1. The molecule has 0 bridgehead atoms. The van der Waals surface area contributed by atoms with Gasteiger partial charge in [-0.1, -0.05) is 6.07 Å². The fraction of sp³-hybridized carbons (Fsp3) is 0.429. The summed E-state index contributed by atoms with van der Waals surface area (Å²) in [6, 6.07) is 9.51. The van der Waals surface area contributed by atoms with Crippen molar-refractivity contribution in [3.8, 4) is 0 Å². The van der Waals surface area contributed by atoms with Gasteiger partial charge in [-0.15, -0.1) is 11.3 Å². The molecule has 0 saturated carbocycles. The number of carbonyl (C=O) groups excluding carboxylic acids is 2. The Morgan fingerprint density at radius 2 is 1.93 bits per heavy atom. The lowest BCUT2D eigenvalue weighted by molar-refractivity contribution is -0.119. The molecule has 2 fully saturated rings. The molecule has 2 amide bonds. The van der Waals surface area contributed by atoms with E-state index in [0.717, 1.165) is 30.8 Å². The van der Waals surface area contributed by atoms with E-state index in [1.54, 1.807) is 4.90 Å². The van der Waals surface area contributed by atoms with Crippen molar-refractivity contribution in [2.45, 2.75) is 38.6 Å². The maximum absolute atomic E-state index is 12.9. The molecular weight excluding hydrogens is 358 g/mol. The number of benzene rings is 1. The molecule has 1 unspecified atom stereocenters. The number of nitrogens with one attached hydrogen (secondary N) is 1. The van der Waals surface area contributed by atoms with Gasteiger partial charge in [0.2, 0.25) is 5.91 Å². The summed E-state index contributed by atoms with van der Waals surface area (Å²) in [5.41, 5.74) is 3.11. The van der Waals surface area contributed by atoms with Gasteiger partial charge >= 0.3 is 0 Å². The highest BCUT2D eigenvalue weighted by molar-refractivity contribution is 7.12. The third-order valence-electron chi connectivity index (χ3n) is 5.49. The molecule has 6 heteroatoms. The molecule has 5 nitrogen and oxygen atoms in total. The van der Waals surface area contributed by atoms with E-state index in [2.05, 4.69) is 22.3 Å². The molecule has 3 heterocycles. The molecule has 0 spiro atoms. The highest BCUT2D eigenvalue weighted by Gasteiger charge is 2.35. The van der Waals surface area contributed by atoms with Crippen molar-refractivity contribution in [3.63, 3.8) is 0 Å². The van der Waals surface area contributed by atoms with Crippen LogP contribution in [0.15, 0.2) is 35.7 Å². The molecule has 0 aliphatic carbocycles. The Balaban J connectivity index is 1.46. The maximum atomic E-state index is 12.9. The number of thiophene rings is 1. The zero-order chi connectivity index (χ0) is 18.8. The summed E-state index contributed by atoms with van der Waals surface area (Å²) in [7, 11) is 0. The molecule has 2 aromatic rings. The number of rotatable bonds is 4. The number of nitrogens with zero attached hydrogens (tertiary/aromatic N) is 2. The van der Waals surface area contributed by atoms with Crippen LogP contribution >= 0.6 is 11.3 Å². The van der Waals surface area contributed by atoms with E-state index in [4.69, 9.17) is 0 Å². The number of carbonyl (C=O) groups is 2. The van der Waals surface area contributed by atoms with Crippen LogP contribution in [0.5, 0.6) is 0 Å². The van der Waals surface area contributed by atoms with Crippen molar-refractivity contribution in [3.05, 3.63) is 46.2 Å². The van der Waals surface area contributed by atoms with Crippen LogP contribution < -0.4 is 10.2 Å². The number of anilines is 2. The van der Waals surface area contributed by atoms with E-state index >= 15 is 0 Å². The van der Waals surface area contributed by atoms with Gasteiger partial charge in [0.1, 0.15) is 6.04 Å². The Bertz CT molecular complexity index is 828. The molecule has 2 saturated heterocycles. The predicted molar refractivity (Wildman–Crippen MR) is 110 cm³/mol. The zero-order valence-electron chi connectivity index (χ0n) is 15.6. The van der Waals surface area contributed by atoms with Crippen LogP contribution in [0.25, 0.3) is 0 Å². The average molecular weight is 384 g/mol. The highest BCUT2D eigenvalue weighted by Crippen LogP contribution is 2.27. The van der Waals surface area contributed by atoms with Crippen molar-refractivity contribution >= 4 is 34.5 Å². The second-order valence-electron chi connectivity index (χ2n) is 7.32. The first-order valence-corrected chi connectivity index (χ1v) is 10.5. The van der Waals surface area contributed by atoms with Crippen LogP contribution in [0, 0.1) is 6.92 Å². The van der Waals surface area contributed by atoms with Gasteiger partial charge in [0.15, 0.2) is 0 Å². The van der Waals surface area contributed by atoms with E-state index in [0.29, 0.717) is 17.8 Å². The first-order chi connectivity index (χ1) is 13.1.